The third-order valence-corrected chi connectivity index (χ3v) is 4.05. The molecule has 0 unspecified atom stereocenters. The maximum Gasteiger partial charge on any atom is 0.407 e. The smallest absolute Gasteiger partial charge is 0.407 e. The molecule has 0 spiro atoms. The lowest BCUT2D eigenvalue weighted by molar-refractivity contribution is -0.127. The number of ether oxygens (including phenoxy) is 1. The number of hydrogen-bond donors (Lipinski definition) is 3. The maximum absolute atomic E-state index is 11.9. The van der Waals surface area contributed by atoms with Crippen molar-refractivity contribution in [1.29, 1.82) is 5.26 Å². The van der Waals surface area contributed by atoms with E-state index in [4.69, 9.17) is 15.7 Å². The number of nitriles is 1. The van der Waals surface area contributed by atoms with Gasteiger partial charge in [-0.25, -0.2) is 4.79 Å². The summed E-state index contributed by atoms with van der Waals surface area (Å²) in [5.41, 5.74) is 6.18. The van der Waals surface area contributed by atoms with E-state index in [-0.39, 0.29) is 31.3 Å². The van der Waals surface area contributed by atoms with Gasteiger partial charge in [-0.05, 0) is 31.7 Å². The Kier molecular flexibility index (Phi) is 10.8. The van der Waals surface area contributed by atoms with Crippen LogP contribution in [-0.2, 0) is 20.9 Å². The molecule has 2 atom stereocenters. The molecule has 0 bridgehead atoms. The topological polar surface area (TPSA) is 134 Å². The molecule has 1 rings (SSSR count). The highest BCUT2D eigenvalue weighted by molar-refractivity contribution is 5.86. The molecule has 0 aliphatic carbocycles. The van der Waals surface area contributed by atoms with E-state index in [0.717, 1.165) is 12.0 Å². The van der Waals surface area contributed by atoms with E-state index >= 15 is 0 Å². The Morgan fingerprint density at radius 1 is 1.18 bits per heavy atom. The van der Waals surface area contributed by atoms with Gasteiger partial charge in [0.05, 0.1) is 6.07 Å². The molecule has 4 N–H and O–H groups in total. The van der Waals surface area contributed by atoms with Crippen LogP contribution in [0.15, 0.2) is 30.3 Å². The Bertz CT molecular complexity index is 673. The van der Waals surface area contributed by atoms with Crippen molar-refractivity contribution in [2.75, 3.05) is 6.54 Å². The van der Waals surface area contributed by atoms with Gasteiger partial charge in [-0.3, -0.25) is 9.59 Å². The minimum Gasteiger partial charge on any atom is -0.445 e. The number of nitrogens with zero attached hydrogens (tertiary/aromatic N) is 1. The summed E-state index contributed by atoms with van der Waals surface area (Å²) in [5.74, 6) is -1.29. The van der Waals surface area contributed by atoms with E-state index in [1.165, 1.54) is 0 Å². The van der Waals surface area contributed by atoms with Crippen LogP contribution in [0.3, 0.4) is 0 Å². The molecule has 0 aromatic heterocycles. The highest BCUT2D eigenvalue weighted by atomic mass is 16.5. The summed E-state index contributed by atoms with van der Waals surface area (Å²) in [6.07, 6.45) is 2.04. The Morgan fingerprint density at radius 3 is 2.54 bits per heavy atom. The van der Waals surface area contributed by atoms with E-state index in [1.807, 2.05) is 36.4 Å². The van der Waals surface area contributed by atoms with Crippen molar-refractivity contribution >= 4 is 17.9 Å². The number of carbonyl (C=O) groups is 3. The molecule has 0 saturated heterocycles. The zero-order chi connectivity index (χ0) is 20.8. The second-order valence-corrected chi connectivity index (χ2v) is 6.59. The lowest BCUT2D eigenvalue weighted by Crippen LogP contribution is -2.45. The van der Waals surface area contributed by atoms with Crippen LogP contribution in [0.4, 0.5) is 4.79 Å². The quantitative estimate of drug-likeness (QED) is 0.471. The summed E-state index contributed by atoms with van der Waals surface area (Å²) in [6, 6.07) is 10.6. The van der Waals surface area contributed by atoms with E-state index in [2.05, 4.69) is 10.6 Å². The number of hydrogen-bond acceptors (Lipinski definition) is 5. The van der Waals surface area contributed by atoms with Crippen LogP contribution in [0.1, 0.15) is 44.6 Å². The standard InChI is InChI=1S/C20H28N4O4/c1-15(13-21)12-17(19(22)26)24-18(25)10-6-3-7-11-23-20(27)28-14-16-8-4-2-5-9-16/h2,4-5,8-9,15,17H,3,6-7,10-12,14H2,1H3,(H2,22,26)(H,23,27)(H,24,25)/t15-,17-/m1/s1. The Labute approximate surface area is 165 Å². The molecular weight excluding hydrogens is 360 g/mol. The zero-order valence-electron chi connectivity index (χ0n) is 16.1. The predicted octanol–water partition coefficient (Wildman–Crippen LogP) is 1.99. The lowest BCUT2D eigenvalue weighted by Gasteiger charge is -2.16. The van der Waals surface area contributed by atoms with Gasteiger partial charge in [-0.15, -0.1) is 0 Å². The number of nitrogens with two attached hydrogens (primary N) is 1. The van der Waals surface area contributed by atoms with Crippen molar-refractivity contribution in [3.63, 3.8) is 0 Å². The van der Waals surface area contributed by atoms with E-state index in [0.29, 0.717) is 19.4 Å². The fourth-order valence-corrected chi connectivity index (χ4v) is 2.47. The molecule has 0 aliphatic rings. The van der Waals surface area contributed by atoms with Crippen LogP contribution in [0.2, 0.25) is 0 Å². The van der Waals surface area contributed by atoms with Crippen molar-refractivity contribution < 1.29 is 19.1 Å². The van der Waals surface area contributed by atoms with Crippen molar-refractivity contribution in [3.8, 4) is 6.07 Å². The van der Waals surface area contributed by atoms with Crippen molar-refractivity contribution in [2.45, 2.75) is 51.7 Å². The molecule has 0 aliphatic heterocycles. The Balaban J connectivity index is 2.11. The Morgan fingerprint density at radius 2 is 1.89 bits per heavy atom. The highest BCUT2D eigenvalue weighted by Crippen LogP contribution is 2.06. The van der Waals surface area contributed by atoms with Crippen LogP contribution in [0, 0.1) is 17.2 Å². The Hall–Kier alpha value is -3.08. The molecule has 0 fully saturated rings. The second-order valence-electron chi connectivity index (χ2n) is 6.59. The summed E-state index contributed by atoms with van der Waals surface area (Å²) in [7, 11) is 0. The average Bonchev–Trinajstić information content (AvgIpc) is 2.69. The number of amides is 3. The van der Waals surface area contributed by atoms with Gasteiger partial charge in [-0.1, -0.05) is 36.8 Å². The minimum absolute atomic E-state index is 0.201. The fourth-order valence-electron chi connectivity index (χ4n) is 2.47. The lowest BCUT2D eigenvalue weighted by atomic mass is 10.0. The van der Waals surface area contributed by atoms with Gasteiger partial charge in [0.25, 0.3) is 0 Å². The van der Waals surface area contributed by atoms with Crippen LogP contribution < -0.4 is 16.4 Å². The van der Waals surface area contributed by atoms with Crippen LogP contribution >= 0.6 is 0 Å². The SMILES string of the molecule is C[C@@H](C#N)C[C@@H](NC(=O)CCCCCNC(=O)OCc1ccccc1)C(N)=O. The zero-order valence-corrected chi connectivity index (χ0v) is 16.1. The van der Waals surface area contributed by atoms with E-state index in [9.17, 15) is 14.4 Å². The second kappa shape index (κ2) is 13.1. The average molecular weight is 388 g/mol. The van der Waals surface area contributed by atoms with Gasteiger partial charge in [-0.2, -0.15) is 5.26 Å². The van der Waals surface area contributed by atoms with Gasteiger partial charge in [0, 0.05) is 18.9 Å². The number of alkyl carbamates (subject to hydrolysis) is 1. The summed E-state index contributed by atoms with van der Waals surface area (Å²) in [4.78, 5) is 34.8. The normalized spacial score (nSPS) is 12.3. The first kappa shape index (κ1) is 23.0. The summed E-state index contributed by atoms with van der Waals surface area (Å²) >= 11 is 0. The largest absolute Gasteiger partial charge is 0.445 e. The number of unbranched alkanes of at least 4 members (excludes halogenated alkanes) is 2. The van der Waals surface area contributed by atoms with Gasteiger partial charge in [0.1, 0.15) is 12.6 Å². The molecule has 28 heavy (non-hydrogen) atoms. The van der Waals surface area contributed by atoms with Gasteiger partial charge in [0.2, 0.25) is 11.8 Å². The number of benzene rings is 1. The molecule has 8 nitrogen and oxygen atoms in total. The molecule has 1 aromatic carbocycles. The molecule has 8 heteroatoms. The molecular formula is C20H28N4O4. The van der Waals surface area contributed by atoms with Gasteiger partial charge >= 0.3 is 6.09 Å². The third-order valence-electron chi connectivity index (χ3n) is 4.05. The number of rotatable bonds is 12. The fraction of sp³-hybridized carbons (Fsp3) is 0.500. The highest BCUT2D eigenvalue weighted by Gasteiger charge is 2.20. The molecule has 1 aromatic rings. The number of carbonyl (C=O) groups excluding carboxylic acids is 3. The summed E-state index contributed by atoms with van der Waals surface area (Å²) in [6.45, 7) is 2.34. The molecule has 0 radical (unpaired) electrons. The minimum atomic E-state index is -0.830. The van der Waals surface area contributed by atoms with Gasteiger partial charge in [0.15, 0.2) is 0 Å². The number of nitrogens with one attached hydrogen (secondary N) is 2. The number of primary amides is 1. The van der Waals surface area contributed by atoms with Crippen LogP contribution in [-0.4, -0.2) is 30.5 Å². The van der Waals surface area contributed by atoms with E-state index < -0.39 is 18.0 Å². The van der Waals surface area contributed by atoms with Crippen molar-refractivity contribution in [1.82, 2.24) is 10.6 Å². The third kappa shape index (κ3) is 10.2. The van der Waals surface area contributed by atoms with E-state index in [1.54, 1.807) is 6.92 Å². The van der Waals surface area contributed by atoms with Crippen LogP contribution in [0.5, 0.6) is 0 Å². The first-order chi connectivity index (χ1) is 13.4. The predicted molar refractivity (Wildman–Crippen MR) is 104 cm³/mol. The summed E-state index contributed by atoms with van der Waals surface area (Å²) < 4.78 is 5.10. The monoisotopic (exact) mass is 388 g/mol. The summed E-state index contributed by atoms with van der Waals surface area (Å²) in [5, 5.41) is 14.0. The molecule has 3 amide bonds. The van der Waals surface area contributed by atoms with Crippen molar-refractivity contribution in [3.05, 3.63) is 35.9 Å². The molecule has 0 saturated carbocycles. The van der Waals surface area contributed by atoms with Crippen molar-refractivity contribution in [2.24, 2.45) is 11.7 Å². The maximum atomic E-state index is 11.9. The molecule has 152 valence electrons. The van der Waals surface area contributed by atoms with Crippen LogP contribution in [0.25, 0.3) is 0 Å². The first-order valence-corrected chi connectivity index (χ1v) is 9.35. The van der Waals surface area contributed by atoms with Gasteiger partial charge < -0.3 is 21.1 Å². The first-order valence-electron chi connectivity index (χ1n) is 9.35. The molecule has 0 heterocycles.